The number of fused-ring (bicyclic) bond motifs is 1. The highest BCUT2D eigenvalue weighted by Crippen LogP contribution is 2.29. The number of benzene rings is 1. The van der Waals surface area contributed by atoms with E-state index in [1.54, 1.807) is 19.5 Å². The van der Waals surface area contributed by atoms with Gasteiger partial charge in [-0.2, -0.15) is 0 Å². The molecule has 1 saturated heterocycles. The molecule has 6 nitrogen and oxygen atoms in total. The van der Waals surface area contributed by atoms with Crippen LogP contribution in [0.25, 0.3) is 22.3 Å². The minimum absolute atomic E-state index is 0.252. The molecule has 1 atom stereocenters. The molecule has 1 N–H and O–H groups in total. The van der Waals surface area contributed by atoms with Gasteiger partial charge in [-0.3, -0.25) is 4.98 Å². The van der Waals surface area contributed by atoms with Gasteiger partial charge in [0.05, 0.1) is 18.2 Å². The quantitative estimate of drug-likeness (QED) is 0.788. The molecule has 2 aromatic heterocycles. The minimum Gasteiger partial charge on any atom is -0.383 e. The number of nitrogens with zero attached hydrogens (tertiary/aromatic N) is 4. The van der Waals surface area contributed by atoms with Crippen LogP contribution in [0.5, 0.6) is 0 Å². The van der Waals surface area contributed by atoms with Crippen molar-refractivity contribution in [3.05, 3.63) is 48.8 Å². The summed E-state index contributed by atoms with van der Waals surface area (Å²) in [6.45, 7) is 3.38. The van der Waals surface area contributed by atoms with E-state index in [0.717, 1.165) is 47.7 Å². The number of rotatable bonds is 4. The highest BCUT2D eigenvalue weighted by atomic mass is 16.5. The van der Waals surface area contributed by atoms with Gasteiger partial charge in [0, 0.05) is 50.1 Å². The van der Waals surface area contributed by atoms with Crippen LogP contribution in [0.4, 0.5) is 5.82 Å². The molecular weight excluding hydrogens is 314 g/mol. The maximum absolute atomic E-state index is 5.43. The first-order valence-electron chi connectivity index (χ1n) is 8.50. The number of hydrogen-bond donors (Lipinski definition) is 1. The van der Waals surface area contributed by atoms with E-state index in [2.05, 4.69) is 21.3 Å². The molecule has 4 rings (SSSR count). The first-order chi connectivity index (χ1) is 12.4. The Morgan fingerprint density at radius 3 is 2.84 bits per heavy atom. The van der Waals surface area contributed by atoms with Crippen molar-refractivity contribution < 1.29 is 4.74 Å². The predicted molar refractivity (Wildman–Crippen MR) is 98.6 cm³/mol. The lowest BCUT2D eigenvalue weighted by Crippen LogP contribution is -2.53. The number of methoxy groups -OCH3 is 1. The molecule has 1 fully saturated rings. The molecule has 1 aromatic carbocycles. The number of ether oxygens (including phenoxy) is 1. The highest BCUT2D eigenvalue weighted by Gasteiger charge is 2.25. The van der Waals surface area contributed by atoms with Gasteiger partial charge in [0.2, 0.25) is 0 Å². The van der Waals surface area contributed by atoms with E-state index in [1.807, 2.05) is 30.3 Å². The van der Waals surface area contributed by atoms with E-state index < -0.39 is 0 Å². The van der Waals surface area contributed by atoms with Crippen LogP contribution < -0.4 is 10.2 Å². The van der Waals surface area contributed by atoms with Gasteiger partial charge in [0.15, 0.2) is 5.82 Å². The van der Waals surface area contributed by atoms with Crippen molar-refractivity contribution in [2.24, 2.45) is 0 Å². The fourth-order valence-electron chi connectivity index (χ4n) is 3.29. The van der Waals surface area contributed by atoms with Crippen molar-refractivity contribution in [1.82, 2.24) is 20.3 Å². The van der Waals surface area contributed by atoms with E-state index in [1.165, 1.54) is 0 Å². The standard InChI is InChI=1S/C19H21N5O/c1-25-13-15-12-21-10-11-24(15)19-16-4-2-3-5-17(16)22-18(23-19)14-6-8-20-9-7-14/h2-9,15,21H,10-13H2,1H3. The van der Waals surface area contributed by atoms with Crippen LogP contribution in [0.15, 0.2) is 48.8 Å². The van der Waals surface area contributed by atoms with Crippen molar-refractivity contribution in [1.29, 1.82) is 0 Å². The zero-order valence-electron chi connectivity index (χ0n) is 14.2. The van der Waals surface area contributed by atoms with Crippen molar-refractivity contribution in [2.75, 3.05) is 38.3 Å². The Morgan fingerprint density at radius 1 is 1.16 bits per heavy atom. The first kappa shape index (κ1) is 15.9. The Labute approximate surface area is 146 Å². The summed E-state index contributed by atoms with van der Waals surface area (Å²) >= 11 is 0. The zero-order chi connectivity index (χ0) is 17.1. The molecule has 0 radical (unpaired) electrons. The molecule has 1 aliphatic rings. The molecule has 1 unspecified atom stereocenters. The summed E-state index contributed by atoms with van der Waals surface area (Å²) in [4.78, 5) is 16.1. The average molecular weight is 335 g/mol. The highest BCUT2D eigenvalue weighted by molar-refractivity contribution is 5.91. The molecular formula is C19H21N5O. The fraction of sp³-hybridized carbons (Fsp3) is 0.316. The summed E-state index contributed by atoms with van der Waals surface area (Å²) in [7, 11) is 1.74. The molecule has 1 aliphatic heterocycles. The molecule has 25 heavy (non-hydrogen) atoms. The monoisotopic (exact) mass is 335 g/mol. The number of pyridine rings is 1. The number of para-hydroxylation sites is 1. The smallest absolute Gasteiger partial charge is 0.162 e. The molecule has 0 amide bonds. The molecule has 0 spiro atoms. The van der Waals surface area contributed by atoms with Gasteiger partial charge in [0.1, 0.15) is 5.82 Å². The van der Waals surface area contributed by atoms with Gasteiger partial charge in [0.25, 0.3) is 0 Å². The lowest BCUT2D eigenvalue weighted by Gasteiger charge is -2.37. The molecule has 0 saturated carbocycles. The number of nitrogens with one attached hydrogen (secondary N) is 1. The molecule has 3 aromatic rings. The summed E-state index contributed by atoms with van der Waals surface area (Å²) in [5.74, 6) is 1.70. The number of aromatic nitrogens is 3. The number of anilines is 1. The Hall–Kier alpha value is -2.57. The third-order valence-electron chi connectivity index (χ3n) is 4.50. The van der Waals surface area contributed by atoms with Crippen LogP contribution in [0.1, 0.15) is 0 Å². The number of hydrogen-bond acceptors (Lipinski definition) is 6. The minimum atomic E-state index is 0.252. The van der Waals surface area contributed by atoms with E-state index in [-0.39, 0.29) is 6.04 Å². The molecule has 0 bridgehead atoms. The third kappa shape index (κ3) is 3.18. The van der Waals surface area contributed by atoms with E-state index >= 15 is 0 Å². The second-order valence-corrected chi connectivity index (χ2v) is 6.13. The van der Waals surface area contributed by atoms with Gasteiger partial charge in [-0.15, -0.1) is 0 Å². The van der Waals surface area contributed by atoms with Crippen LogP contribution in [-0.2, 0) is 4.74 Å². The lowest BCUT2D eigenvalue weighted by molar-refractivity contribution is 0.170. The predicted octanol–water partition coefficient (Wildman–Crippen LogP) is 2.12. The molecule has 0 aliphatic carbocycles. The zero-order valence-corrected chi connectivity index (χ0v) is 14.2. The second kappa shape index (κ2) is 7.13. The molecule has 6 heteroatoms. The van der Waals surface area contributed by atoms with Crippen molar-refractivity contribution in [3.63, 3.8) is 0 Å². The molecule has 3 heterocycles. The Balaban J connectivity index is 1.86. The largest absolute Gasteiger partial charge is 0.383 e. The summed E-state index contributed by atoms with van der Waals surface area (Å²) in [6, 6.07) is 12.3. The second-order valence-electron chi connectivity index (χ2n) is 6.13. The van der Waals surface area contributed by atoms with Crippen molar-refractivity contribution in [2.45, 2.75) is 6.04 Å². The van der Waals surface area contributed by atoms with E-state index in [9.17, 15) is 0 Å². The summed E-state index contributed by atoms with van der Waals surface area (Å²) in [5.41, 5.74) is 1.93. The van der Waals surface area contributed by atoms with Crippen LogP contribution in [0, 0.1) is 0 Å². The third-order valence-corrected chi connectivity index (χ3v) is 4.50. The maximum Gasteiger partial charge on any atom is 0.162 e. The van der Waals surface area contributed by atoms with E-state index in [4.69, 9.17) is 14.7 Å². The van der Waals surface area contributed by atoms with Crippen LogP contribution >= 0.6 is 0 Å². The Kier molecular flexibility index (Phi) is 4.54. The van der Waals surface area contributed by atoms with Gasteiger partial charge in [-0.05, 0) is 24.3 Å². The molecule has 128 valence electrons. The maximum atomic E-state index is 5.43. The van der Waals surface area contributed by atoms with Crippen LogP contribution in [-0.4, -0.2) is 54.3 Å². The van der Waals surface area contributed by atoms with E-state index in [0.29, 0.717) is 6.61 Å². The topological polar surface area (TPSA) is 63.2 Å². The SMILES string of the molecule is COCC1CNCCN1c1nc(-c2ccncc2)nc2ccccc12. The van der Waals surface area contributed by atoms with Crippen LogP contribution in [0.2, 0.25) is 0 Å². The Bertz CT molecular complexity index is 853. The lowest BCUT2D eigenvalue weighted by atomic mass is 10.1. The first-order valence-corrected chi connectivity index (χ1v) is 8.50. The number of piperazine rings is 1. The normalized spacial score (nSPS) is 17.8. The summed E-state index contributed by atoms with van der Waals surface area (Å²) < 4.78 is 5.43. The van der Waals surface area contributed by atoms with Gasteiger partial charge >= 0.3 is 0 Å². The average Bonchev–Trinajstić information content (AvgIpc) is 2.68. The van der Waals surface area contributed by atoms with Gasteiger partial charge in [-0.1, -0.05) is 12.1 Å². The van der Waals surface area contributed by atoms with Crippen molar-refractivity contribution in [3.8, 4) is 11.4 Å². The van der Waals surface area contributed by atoms with Gasteiger partial charge < -0.3 is 15.0 Å². The summed E-state index contributed by atoms with van der Waals surface area (Å²) in [5, 5.41) is 4.51. The summed E-state index contributed by atoms with van der Waals surface area (Å²) in [6.07, 6.45) is 3.54. The fourth-order valence-corrected chi connectivity index (χ4v) is 3.29. The van der Waals surface area contributed by atoms with Crippen LogP contribution in [0.3, 0.4) is 0 Å². The Morgan fingerprint density at radius 2 is 2.00 bits per heavy atom. The van der Waals surface area contributed by atoms with Gasteiger partial charge in [-0.25, -0.2) is 9.97 Å². The van der Waals surface area contributed by atoms with Crippen molar-refractivity contribution >= 4 is 16.7 Å².